The first-order valence-corrected chi connectivity index (χ1v) is 7.00. The van der Waals surface area contributed by atoms with Crippen molar-refractivity contribution in [3.8, 4) is 11.5 Å². The highest BCUT2D eigenvalue weighted by Gasteiger charge is 2.25. The molecule has 0 spiro atoms. The number of likely N-dealkylation sites (N-methyl/N-ethyl adjacent to an activating group) is 1. The summed E-state index contributed by atoms with van der Waals surface area (Å²) >= 11 is 0. The van der Waals surface area contributed by atoms with Crippen molar-refractivity contribution < 1.29 is 28.6 Å². The number of fused-ring (bicyclic) bond motifs is 1. The second-order valence-electron chi connectivity index (χ2n) is 5.19. The zero-order valence-electron chi connectivity index (χ0n) is 12.4. The van der Waals surface area contributed by atoms with Crippen molar-refractivity contribution in [2.24, 2.45) is 0 Å². The number of carbonyl (C=O) groups is 2. The average molecular weight is 317 g/mol. The number of carbonyl (C=O) groups excluding carboxylic acids is 1. The molecular formula is C16H15NO6. The van der Waals surface area contributed by atoms with Crippen LogP contribution in [-0.4, -0.2) is 48.2 Å². The molecule has 0 aliphatic carbocycles. The molecule has 1 aromatic carbocycles. The molecule has 0 saturated heterocycles. The van der Waals surface area contributed by atoms with Crippen molar-refractivity contribution in [3.05, 3.63) is 47.9 Å². The van der Waals surface area contributed by atoms with Crippen molar-refractivity contribution in [1.82, 2.24) is 4.90 Å². The molecule has 0 radical (unpaired) electrons. The maximum atomic E-state index is 12.2. The van der Waals surface area contributed by atoms with Gasteiger partial charge >= 0.3 is 5.97 Å². The van der Waals surface area contributed by atoms with Gasteiger partial charge in [-0.1, -0.05) is 12.1 Å². The van der Waals surface area contributed by atoms with Crippen molar-refractivity contribution in [3.63, 3.8) is 0 Å². The zero-order valence-corrected chi connectivity index (χ0v) is 12.4. The normalized spacial score (nSPS) is 16.0. The van der Waals surface area contributed by atoms with Gasteiger partial charge in [-0.2, -0.15) is 0 Å². The van der Waals surface area contributed by atoms with E-state index < -0.39 is 11.9 Å². The van der Waals surface area contributed by atoms with Gasteiger partial charge in [-0.15, -0.1) is 0 Å². The number of ether oxygens (including phenoxy) is 2. The van der Waals surface area contributed by atoms with E-state index in [1.54, 1.807) is 13.1 Å². The molecule has 0 bridgehead atoms. The van der Waals surface area contributed by atoms with Gasteiger partial charge in [-0.25, -0.2) is 4.79 Å². The third kappa shape index (κ3) is 3.13. The van der Waals surface area contributed by atoms with Crippen LogP contribution in [0.3, 0.4) is 0 Å². The summed E-state index contributed by atoms with van der Waals surface area (Å²) in [5.41, 5.74) is -0.0621. The van der Waals surface area contributed by atoms with Crippen molar-refractivity contribution >= 4 is 11.9 Å². The standard InChI is InChI=1S/C16H15NO6/c1-17(15(18)14-6-10(8-21-14)16(19)20)7-11-9-22-12-4-2-3-5-13(12)23-11/h2-6,8,11H,7,9H2,1H3,(H,19,20)/t11-/m1/s1. The highest BCUT2D eigenvalue weighted by Crippen LogP contribution is 2.31. The van der Waals surface area contributed by atoms with Gasteiger partial charge in [0.05, 0.1) is 12.1 Å². The van der Waals surface area contributed by atoms with Crippen LogP contribution in [0.2, 0.25) is 0 Å². The van der Waals surface area contributed by atoms with E-state index in [0.29, 0.717) is 18.1 Å². The molecule has 1 aromatic heterocycles. The Hall–Kier alpha value is -2.96. The van der Waals surface area contributed by atoms with E-state index in [0.717, 1.165) is 6.26 Å². The van der Waals surface area contributed by atoms with Crippen molar-refractivity contribution in [1.29, 1.82) is 0 Å². The summed E-state index contributed by atoms with van der Waals surface area (Å²) in [6.07, 6.45) is 0.729. The number of aromatic carboxylic acids is 1. The molecule has 1 aliphatic heterocycles. The Morgan fingerprint density at radius 3 is 2.74 bits per heavy atom. The van der Waals surface area contributed by atoms with Crippen LogP contribution >= 0.6 is 0 Å². The number of carboxylic acid groups (broad SMARTS) is 1. The van der Waals surface area contributed by atoms with Crippen LogP contribution in [0.15, 0.2) is 41.0 Å². The number of amides is 1. The average Bonchev–Trinajstić information content (AvgIpc) is 3.04. The lowest BCUT2D eigenvalue weighted by Gasteiger charge is -2.29. The molecule has 120 valence electrons. The fraction of sp³-hybridized carbons (Fsp3) is 0.250. The summed E-state index contributed by atoms with van der Waals surface area (Å²) in [6.45, 7) is 0.615. The van der Waals surface area contributed by atoms with Gasteiger partial charge in [0.15, 0.2) is 23.4 Å². The Kier molecular flexibility index (Phi) is 3.92. The SMILES string of the molecule is CN(C[C@@H]1COc2ccccc2O1)C(=O)c1cc(C(=O)O)co1. The molecule has 2 heterocycles. The monoisotopic (exact) mass is 317 g/mol. The Bertz CT molecular complexity index is 738. The Balaban J connectivity index is 1.64. The van der Waals surface area contributed by atoms with E-state index >= 15 is 0 Å². The first-order chi connectivity index (χ1) is 11.0. The number of furan rings is 1. The molecule has 1 amide bonds. The minimum absolute atomic E-state index is 0.0259. The third-order valence-electron chi connectivity index (χ3n) is 3.45. The second-order valence-corrected chi connectivity index (χ2v) is 5.19. The van der Waals surface area contributed by atoms with Gasteiger partial charge in [0, 0.05) is 13.1 Å². The summed E-state index contributed by atoms with van der Waals surface area (Å²) < 4.78 is 16.4. The molecule has 7 heteroatoms. The van der Waals surface area contributed by atoms with Crippen LogP contribution in [0.25, 0.3) is 0 Å². The van der Waals surface area contributed by atoms with E-state index in [9.17, 15) is 9.59 Å². The number of benzene rings is 1. The molecule has 1 atom stereocenters. The van der Waals surface area contributed by atoms with E-state index in [4.69, 9.17) is 19.0 Å². The van der Waals surface area contributed by atoms with Crippen LogP contribution < -0.4 is 9.47 Å². The Morgan fingerprint density at radius 1 is 1.30 bits per heavy atom. The van der Waals surface area contributed by atoms with Crippen LogP contribution in [0.5, 0.6) is 11.5 Å². The fourth-order valence-electron chi connectivity index (χ4n) is 2.29. The molecule has 0 unspecified atom stereocenters. The molecule has 1 aliphatic rings. The summed E-state index contributed by atoms with van der Waals surface area (Å²) in [6, 6.07) is 8.52. The van der Waals surface area contributed by atoms with E-state index in [1.165, 1.54) is 11.0 Å². The predicted molar refractivity (Wildman–Crippen MR) is 79.0 cm³/mol. The number of carboxylic acids is 1. The largest absolute Gasteiger partial charge is 0.486 e. The minimum atomic E-state index is -1.14. The van der Waals surface area contributed by atoms with Crippen LogP contribution in [0.1, 0.15) is 20.9 Å². The lowest BCUT2D eigenvalue weighted by molar-refractivity contribution is 0.0502. The highest BCUT2D eigenvalue weighted by atomic mass is 16.6. The molecule has 7 nitrogen and oxygen atoms in total. The lowest BCUT2D eigenvalue weighted by Crippen LogP contribution is -2.41. The van der Waals surface area contributed by atoms with Crippen molar-refractivity contribution in [2.75, 3.05) is 20.2 Å². The predicted octanol–water partition coefficient (Wildman–Crippen LogP) is 1.89. The topological polar surface area (TPSA) is 89.2 Å². The zero-order chi connectivity index (χ0) is 16.4. The molecule has 1 N–H and O–H groups in total. The van der Waals surface area contributed by atoms with Crippen LogP contribution in [0, 0.1) is 0 Å². The molecular weight excluding hydrogens is 302 g/mol. The van der Waals surface area contributed by atoms with Crippen LogP contribution in [0.4, 0.5) is 0 Å². The van der Waals surface area contributed by atoms with E-state index in [1.807, 2.05) is 18.2 Å². The summed E-state index contributed by atoms with van der Waals surface area (Å²) in [4.78, 5) is 24.5. The number of hydrogen-bond acceptors (Lipinski definition) is 5. The lowest BCUT2D eigenvalue weighted by atomic mass is 10.2. The molecule has 0 fully saturated rings. The van der Waals surface area contributed by atoms with E-state index in [-0.39, 0.29) is 24.0 Å². The summed E-state index contributed by atoms with van der Waals surface area (Å²) in [5, 5.41) is 8.85. The maximum Gasteiger partial charge on any atom is 0.338 e. The maximum absolute atomic E-state index is 12.2. The molecule has 2 aromatic rings. The van der Waals surface area contributed by atoms with Gasteiger partial charge in [0.2, 0.25) is 0 Å². The van der Waals surface area contributed by atoms with Gasteiger partial charge in [0.1, 0.15) is 12.9 Å². The quantitative estimate of drug-likeness (QED) is 0.926. The van der Waals surface area contributed by atoms with Gasteiger partial charge in [-0.05, 0) is 12.1 Å². The Labute approximate surface area is 132 Å². The third-order valence-corrected chi connectivity index (χ3v) is 3.45. The minimum Gasteiger partial charge on any atom is -0.486 e. The number of nitrogens with zero attached hydrogens (tertiary/aromatic N) is 1. The van der Waals surface area contributed by atoms with Gasteiger partial charge in [-0.3, -0.25) is 4.79 Å². The molecule has 3 rings (SSSR count). The fourth-order valence-corrected chi connectivity index (χ4v) is 2.29. The van der Waals surface area contributed by atoms with Crippen LogP contribution in [-0.2, 0) is 0 Å². The Morgan fingerprint density at radius 2 is 2.04 bits per heavy atom. The van der Waals surface area contributed by atoms with Gasteiger partial charge < -0.3 is 23.9 Å². The smallest absolute Gasteiger partial charge is 0.338 e. The number of rotatable bonds is 4. The first-order valence-electron chi connectivity index (χ1n) is 7.00. The number of hydrogen-bond donors (Lipinski definition) is 1. The summed E-state index contributed by atoms with van der Waals surface area (Å²) in [5.74, 6) is -0.274. The first kappa shape index (κ1) is 15.0. The molecule has 23 heavy (non-hydrogen) atoms. The molecule has 0 saturated carbocycles. The second kappa shape index (κ2) is 6.04. The highest BCUT2D eigenvalue weighted by molar-refractivity contribution is 5.95. The summed E-state index contributed by atoms with van der Waals surface area (Å²) in [7, 11) is 1.59. The van der Waals surface area contributed by atoms with Crippen molar-refractivity contribution in [2.45, 2.75) is 6.10 Å². The number of para-hydroxylation sites is 2. The van der Waals surface area contributed by atoms with Gasteiger partial charge in [0.25, 0.3) is 5.91 Å². The van der Waals surface area contributed by atoms with E-state index in [2.05, 4.69) is 0 Å².